The monoisotopic (exact) mass is 211 g/mol. The molecule has 0 spiro atoms. The minimum absolute atomic E-state index is 0.137. The van der Waals surface area contributed by atoms with Crippen LogP contribution >= 0.6 is 19.8 Å². The molecule has 0 rings (SSSR count). The Hall–Kier alpha value is 0.0400. The van der Waals surface area contributed by atoms with E-state index in [4.69, 9.17) is 9.05 Å². The van der Waals surface area contributed by atoms with Crippen molar-refractivity contribution in [3.05, 3.63) is 0 Å². The molecular weight excluding hydrogens is 197 g/mol. The van der Waals surface area contributed by atoms with Crippen LogP contribution in [0.2, 0.25) is 0 Å². The molecule has 0 atom stereocenters. The number of rotatable bonds is 7. The smallest absolute Gasteiger partial charge is 0.349 e. The number of nitrogens with one attached hydrogen (secondary N) is 1. The van der Waals surface area contributed by atoms with Crippen LogP contribution in [0, 0.1) is 0 Å². The first kappa shape index (κ1) is 12.0. The predicted molar refractivity (Wildman–Crippen MR) is 52.5 cm³/mol. The quantitative estimate of drug-likeness (QED) is 0.513. The third kappa shape index (κ3) is 4.83. The van der Waals surface area contributed by atoms with Crippen molar-refractivity contribution in [2.75, 3.05) is 19.5 Å². The molecule has 0 amide bonds. The molecule has 0 radical (unpaired) electrons. The van der Waals surface area contributed by atoms with Crippen LogP contribution in [0.25, 0.3) is 0 Å². The molecule has 1 N–H and O–H groups in total. The Kier molecular flexibility index (Phi) is 6.57. The maximum Gasteiger partial charge on any atom is 0.349 e. The fourth-order valence-corrected chi connectivity index (χ4v) is 2.24. The van der Waals surface area contributed by atoms with Gasteiger partial charge in [-0.25, -0.2) is 0 Å². The molecule has 0 aromatic rings. The van der Waals surface area contributed by atoms with E-state index in [1.165, 1.54) is 5.49 Å². The highest BCUT2D eigenvalue weighted by atomic mass is 32.1. The summed E-state index contributed by atoms with van der Waals surface area (Å²) in [5.74, 6) is 0. The largest absolute Gasteiger partial charge is 0.371 e. The normalized spacial score (nSPS) is 11.2. The number of hydrogen-bond donors (Lipinski definition) is 1. The summed E-state index contributed by atoms with van der Waals surface area (Å²) in [4.78, 5) is 0. The van der Waals surface area contributed by atoms with E-state index < -0.39 is 7.60 Å². The zero-order valence-corrected chi connectivity index (χ0v) is 8.99. The van der Waals surface area contributed by atoms with Gasteiger partial charge < -0.3 is 14.4 Å². The van der Waals surface area contributed by atoms with E-state index in [1.807, 2.05) is 0 Å². The maximum absolute atomic E-state index is 11.6. The highest BCUT2D eigenvalue weighted by molar-refractivity contribution is 7.78. The first-order chi connectivity index (χ1) is 5.68. The molecule has 0 bridgehead atoms. The van der Waals surface area contributed by atoms with Gasteiger partial charge in [-0.3, -0.25) is 4.57 Å². The Morgan fingerprint density at radius 2 is 1.92 bits per heavy atom. The van der Waals surface area contributed by atoms with E-state index in [2.05, 4.69) is 17.5 Å². The summed E-state index contributed by atoms with van der Waals surface area (Å²) in [6.45, 7) is 4.28. The fraction of sp³-hybridized carbons (Fsp3) is 0.833. The summed E-state index contributed by atoms with van der Waals surface area (Å²) in [6, 6.07) is 0. The lowest BCUT2D eigenvalue weighted by Gasteiger charge is -2.15. The molecule has 0 heterocycles. The maximum atomic E-state index is 11.6. The Morgan fingerprint density at radius 3 is 2.25 bits per heavy atom. The van der Waals surface area contributed by atoms with E-state index >= 15 is 0 Å². The molecule has 0 aliphatic carbocycles. The average molecular weight is 211 g/mol. The third-order valence-corrected chi connectivity index (χ3v) is 3.06. The highest BCUT2D eigenvalue weighted by Crippen LogP contribution is 2.46. The summed E-state index contributed by atoms with van der Waals surface area (Å²) < 4.78 is 21.6. The number of hydrogen-bond acceptors (Lipinski definition) is 4. The van der Waals surface area contributed by atoms with E-state index in [1.54, 1.807) is 13.8 Å². The average Bonchev–Trinajstić information content (AvgIpc) is 2.02. The second kappa shape index (κ2) is 6.54. The first-order valence-corrected chi connectivity index (χ1v) is 5.93. The van der Waals surface area contributed by atoms with Crippen molar-refractivity contribution in [2.45, 2.75) is 13.8 Å². The van der Waals surface area contributed by atoms with Gasteiger partial charge >= 0.3 is 7.60 Å². The van der Waals surface area contributed by atoms with Gasteiger partial charge in [0.05, 0.1) is 18.7 Å². The highest BCUT2D eigenvalue weighted by Gasteiger charge is 2.21. The zero-order chi connectivity index (χ0) is 9.45. The molecule has 0 aliphatic heterocycles. The lowest BCUT2D eigenvalue weighted by molar-refractivity contribution is 0.219. The third-order valence-electron chi connectivity index (χ3n) is 1.02. The van der Waals surface area contributed by atoms with Gasteiger partial charge in [-0.2, -0.15) is 0 Å². The van der Waals surface area contributed by atoms with Crippen molar-refractivity contribution in [1.82, 2.24) is 5.32 Å². The van der Waals surface area contributed by atoms with Crippen LogP contribution in [0.5, 0.6) is 0 Å². The predicted octanol–water partition coefficient (Wildman–Crippen LogP) is 1.76. The van der Waals surface area contributed by atoms with E-state index in [9.17, 15) is 4.57 Å². The Balaban J connectivity index is 3.98. The van der Waals surface area contributed by atoms with Crippen molar-refractivity contribution in [1.29, 1.82) is 0 Å². The summed E-state index contributed by atoms with van der Waals surface area (Å²) >= 11 is 4.52. The van der Waals surface area contributed by atoms with Crippen LogP contribution in [0.1, 0.15) is 13.8 Å². The lowest BCUT2D eigenvalue weighted by Crippen LogP contribution is -2.14. The minimum Gasteiger partial charge on any atom is -0.371 e. The van der Waals surface area contributed by atoms with Gasteiger partial charge in [-0.05, 0) is 13.8 Å². The van der Waals surface area contributed by atoms with Crippen LogP contribution in [0.4, 0.5) is 0 Å². The van der Waals surface area contributed by atoms with Crippen molar-refractivity contribution in [2.24, 2.45) is 0 Å². The van der Waals surface area contributed by atoms with Crippen molar-refractivity contribution >= 4 is 25.3 Å². The molecule has 0 saturated carbocycles. The van der Waals surface area contributed by atoms with Crippen LogP contribution < -0.4 is 5.32 Å². The van der Waals surface area contributed by atoms with Crippen molar-refractivity contribution in [3.8, 4) is 0 Å². The Morgan fingerprint density at radius 1 is 1.42 bits per heavy atom. The van der Waals surface area contributed by atoms with Crippen LogP contribution in [-0.4, -0.2) is 25.0 Å². The van der Waals surface area contributed by atoms with Gasteiger partial charge in [0.2, 0.25) is 0 Å². The summed E-state index contributed by atoms with van der Waals surface area (Å²) in [5.41, 5.74) is 1.30. The van der Waals surface area contributed by atoms with Gasteiger partial charge in [0.25, 0.3) is 0 Å². The molecule has 0 saturated heterocycles. The molecule has 0 aromatic heterocycles. The molecule has 6 heteroatoms. The Bertz CT molecular complexity index is 166. The van der Waals surface area contributed by atoms with Crippen LogP contribution in [0.3, 0.4) is 0 Å². The molecular formula is C6H14NO3PS. The molecule has 12 heavy (non-hydrogen) atoms. The molecule has 0 aliphatic rings. The summed E-state index contributed by atoms with van der Waals surface area (Å²) in [7, 11) is -2.94. The zero-order valence-electron chi connectivity index (χ0n) is 7.28. The summed E-state index contributed by atoms with van der Waals surface area (Å²) in [6.07, 6.45) is 0.137. The van der Waals surface area contributed by atoms with E-state index in [0.29, 0.717) is 13.2 Å². The Labute approximate surface area is 78.2 Å². The fourth-order valence-electron chi connectivity index (χ4n) is 0.671. The second-order valence-corrected chi connectivity index (χ2v) is 4.22. The number of thiocarbonyl (C=S) groups is 1. The molecule has 4 nitrogen and oxygen atoms in total. The molecule has 0 fully saturated rings. The van der Waals surface area contributed by atoms with Crippen molar-refractivity contribution < 1.29 is 13.6 Å². The van der Waals surface area contributed by atoms with Gasteiger partial charge in [0.15, 0.2) is 0 Å². The lowest BCUT2D eigenvalue weighted by atomic mass is 10.9. The van der Waals surface area contributed by atoms with Crippen LogP contribution in [0.15, 0.2) is 0 Å². The molecule has 72 valence electrons. The van der Waals surface area contributed by atoms with Gasteiger partial charge in [0.1, 0.15) is 6.29 Å². The van der Waals surface area contributed by atoms with Crippen molar-refractivity contribution in [3.63, 3.8) is 0 Å². The minimum atomic E-state index is -2.94. The molecule has 0 unspecified atom stereocenters. The summed E-state index contributed by atoms with van der Waals surface area (Å²) in [5, 5.41) is 2.64. The van der Waals surface area contributed by atoms with Crippen LogP contribution in [-0.2, 0) is 13.6 Å². The van der Waals surface area contributed by atoms with Gasteiger partial charge in [-0.15, -0.1) is 0 Å². The van der Waals surface area contributed by atoms with E-state index in [-0.39, 0.29) is 6.29 Å². The second-order valence-electron chi connectivity index (χ2n) is 1.93. The molecule has 0 aromatic carbocycles. The van der Waals surface area contributed by atoms with Gasteiger partial charge in [-0.1, -0.05) is 12.2 Å². The van der Waals surface area contributed by atoms with E-state index in [0.717, 1.165) is 0 Å². The SMILES string of the molecule is CCOP(=O)(CNC=S)OCC. The van der Waals surface area contributed by atoms with Gasteiger partial charge in [0, 0.05) is 0 Å². The topological polar surface area (TPSA) is 47.6 Å². The standard InChI is InChI=1S/C6H14NO3PS/c1-3-9-11(8,10-4-2)5-7-6-12/h6H,3-5H2,1-2H3,(H,7,12). The first-order valence-electron chi connectivity index (χ1n) is 3.73.